The average Bonchev–Trinajstić information content (AvgIpc) is 2.48. The Bertz CT molecular complexity index is 504. The van der Waals surface area contributed by atoms with Crippen LogP contribution in [0.2, 0.25) is 0 Å². The van der Waals surface area contributed by atoms with Crippen LogP contribution >= 0.6 is 0 Å². The lowest BCUT2D eigenvalue weighted by Gasteiger charge is -2.31. The number of ether oxygens (including phenoxy) is 1. The first-order valence-corrected chi connectivity index (χ1v) is 6.37. The molecule has 2 atom stereocenters. The van der Waals surface area contributed by atoms with Crippen LogP contribution < -0.4 is 5.32 Å². The molecule has 1 N–H and O–H groups in total. The van der Waals surface area contributed by atoms with Gasteiger partial charge in [0.2, 0.25) is 5.91 Å². The SMILES string of the molecule is O=C1C[C@@H](c2ccccc2)O[C@@H](c2ccccc2)N1. The molecule has 3 heteroatoms. The van der Waals surface area contributed by atoms with Crippen LogP contribution in [-0.4, -0.2) is 5.91 Å². The Balaban J connectivity index is 1.84. The summed E-state index contributed by atoms with van der Waals surface area (Å²) in [5, 5.41) is 2.87. The van der Waals surface area contributed by atoms with E-state index in [1.807, 2.05) is 60.7 Å². The third-order valence-electron chi connectivity index (χ3n) is 3.24. The quantitative estimate of drug-likeness (QED) is 0.893. The van der Waals surface area contributed by atoms with Gasteiger partial charge in [-0.25, -0.2) is 0 Å². The molecule has 1 aliphatic heterocycles. The van der Waals surface area contributed by atoms with Crippen LogP contribution in [0.3, 0.4) is 0 Å². The standard InChI is InChI=1S/C16H15NO2/c18-15-11-14(12-7-3-1-4-8-12)19-16(17-15)13-9-5-2-6-10-13/h1-10,14,16H,11H2,(H,17,18)/t14-,16-/m0/s1. The van der Waals surface area contributed by atoms with Crippen LogP contribution in [0.15, 0.2) is 60.7 Å². The van der Waals surface area contributed by atoms with Crippen molar-refractivity contribution in [2.75, 3.05) is 0 Å². The van der Waals surface area contributed by atoms with Crippen LogP contribution in [0.4, 0.5) is 0 Å². The molecule has 0 saturated carbocycles. The number of hydrogen-bond donors (Lipinski definition) is 1. The number of carbonyl (C=O) groups excluding carboxylic acids is 1. The zero-order valence-electron chi connectivity index (χ0n) is 10.5. The molecule has 0 radical (unpaired) electrons. The van der Waals surface area contributed by atoms with Gasteiger partial charge in [-0.1, -0.05) is 60.7 Å². The molecule has 2 aromatic carbocycles. The number of nitrogens with one attached hydrogen (secondary N) is 1. The first-order chi connectivity index (χ1) is 9.33. The third kappa shape index (κ3) is 2.66. The molecule has 96 valence electrons. The second-order valence-electron chi connectivity index (χ2n) is 4.60. The lowest BCUT2D eigenvalue weighted by Crippen LogP contribution is -2.37. The van der Waals surface area contributed by atoms with Gasteiger partial charge in [0.15, 0.2) is 6.23 Å². The van der Waals surface area contributed by atoms with Crippen molar-refractivity contribution in [3.63, 3.8) is 0 Å². The molecule has 0 aromatic heterocycles. The van der Waals surface area contributed by atoms with E-state index in [2.05, 4.69) is 5.32 Å². The predicted molar refractivity (Wildman–Crippen MR) is 72.2 cm³/mol. The topological polar surface area (TPSA) is 38.3 Å². The molecule has 0 spiro atoms. The highest BCUT2D eigenvalue weighted by Crippen LogP contribution is 2.31. The Morgan fingerprint density at radius 1 is 0.895 bits per heavy atom. The van der Waals surface area contributed by atoms with Gasteiger partial charge in [0, 0.05) is 5.56 Å². The van der Waals surface area contributed by atoms with Gasteiger partial charge in [0.05, 0.1) is 12.5 Å². The fourth-order valence-electron chi connectivity index (χ4n) is 2.27. The molecule has 1 saturated heterocycles. The molecule has 2 aromatic rings. The van der Waals surface area contributed by atoms with E-state index >= 15 is 0 Å². The van der Waals surface area contributed by atoms with Crippen molar-refractivity contribution in [3.05, 3.63) is 71.8 Å². The third-order valence-corrected chi connectivity index (χ3v) is 3.24. The Morgan fingerprint density at radius 3 is 2.11 bits per heavy atom. The Morgan fingerprint density at radius 2 is 1.47 bits per heavy atom. The van der Waals surface area contributed by atoms with E-state index in [0.717, 1.165) is 11.1 Å². The maximum atomic E-state index is 11.8. The van der Waals surface area contributed by atoms with Crippen molar-refractivity contribution in [3.8, 4) is 0 Å². The molecule has 1 fully saturated rings. The summed E-state index contributed by atoms with van der Waals surface area (Å²) in [5.74, 6) is 0.0222. The van der Waals surface area contributed by atoms with Crippen LogP contribution in [0, 0.1) is 0 Å². The molecule has 1 amide bonds. The maximum Gasteiger partial charge on any atom is 0.225 e. The molecule has 1 aliphatic rings. The summed E-state index contributed by atoms with van der Waals surface area (Å²) in [6.45, 7) is 0. The van der Waals surface area contributed by atoms with Crippen molar-refractivity contribution < 1.29 is 9.53 Å². The van der Waals surface area contributed by atoms with E-state index < -0.39 is 0 Å². The summed E-state index contributed by atoms with van der Waals surface area (Å²) in [6, 6.07) is 19.6. The first-order valence-electron chi connectivity index (χ1n) is 6.37. The van der Waals surface area contributed by atoms with Crippen LogP contribution in [0.1, 0.15) is 29.9 Å². The zero-order chi connectivity index (χ0) is 13.1. The molecule has 0 aliphatic carbocycles. The van der Waals surface area contributed by atoms with E-state index in [1.54, 1.807) is 0 Å². The molecule has 1 heterocycles. The molecule has 0 unspecified atom stereocenters. The van der Waals surface area contributed by atoms with Gasteiger partial charge >= 0.3 is 0 Å². The molecule has 3 rings (SSSR count). The van der Waals surface area contributed by atoms with Crippen molar-refractivity contribution in [1.29, 1.82) is 0 Å². The van der Waals surface area contributed by atoms with Gasteiger partial charge < -0.3 is 10.1 Å². The minimum Gasteiger partial charge on any atom is -0.346 e. The summed E-state index contributed by atoms with van der Waals surface area (Å²) in [7, 11) is 0. The van der Waals surface area contributed by atoms with Crippen molar-refractivity contribution in [2.45, 2.75) is 18.8 Å². The number of hydrogen-bond acceptors (Lipinski definition) is 2. The second kappa shape index (κ2) is 5.24. The van der Waals surface area contributed by atoms with Gasteiger partial charge in [0.25, 0.3) is 0 Å². The van der Waals surface area contributed by atoms with Gasteiger partial charge in [-0.15, -0.1) is 0 Å². The van der Waals surface area contributed by atoms with Crippen molar-refractivity contribution >= 4 is 5.91 Å². The first kappa shape index (κ1) is 11.9. The number of carbonyl (C=O) groups is 1. The van der Waals surface area contributed by atoms with Gasteiger partial charge in [-0.3, -0.25) is 4.79 Å². The highest BCUT2D eigenvalue weighted by atomic mass is 16.5. The molecule has 19 heavy (non-hydrogen) atoms. The highest BCUT2D eigenvalue weighted by molar-refractivity contribution is 5.77. The lowest BCUT2D eigenvalue weighted by atomic mass is 10.0. The fraction of sp³-hybridized carbons (Fsp3) is 0.188. The van der Waals surface area contributed by atoms with Crippen molar-refractivity contribution in [1.82, 2.24) is 5.32 Å². The van der Waals surface area contributed by atoms with Crippen LogP contribution in [0.25, 0.3) is 0 Å². The van der Waals surface area contributed by atoms with E-state index in [-0.39, 0.29) is 18.2 Å². The summed E-state index contributed by atoms with van der Waals surface area (Å²) in [6.07, 6.45) is -0.180. The predicted octanol–water partition coefficient (Wildman–Crippen LogP) is 2.96. The van der Waals surface area contributed by atoms with E-state index in [0.29, 0.717) is 6.42 Å². The van der Waals surface area contributed by atoms with E-state index in [4.69, 9.17) is 4.74 Å². The van der Waals surface area contributed by atoms with E-state index in [9.17, 15) is 4.79 Å². The van der Waals surface area contributed by atoms with Gasteiger partial charge in [0.1, 0.15) is 0 Å². The normalized spacial score (nSPS) is 22.8. The zero-order valence-corrected chi connectivity index (χ0v) is 10.5. The second-order valence-corrected chi connectivity index (χ2v) is 4.60. The molecular weight excluding hydrogens is 238 g/mol. The van der Waals surface area contributed by atoms with Crippen molar-refractivity contribution in [2.24, 2.45) is 0 Å². The molecule has 0 bridgehead atoms. The Kier molecular flexibility index (Phi) is 3.29. The summed E-state index contributed by atoms with van der Waals surface area (Å²) in [4.78, 5) is 11.8. The molecule has 3 nitrogen and oxygen atoms in total. The maximum absolute atomic E-state index is 11.8. The van der Waals surface area contributed by atoms with Gasteiger partial charge in [-0.2, -0.15) is 0 Å². The number of amides is 1. The highest BCUT2D eigenvalue weighted by Gasteiger charge is 2.28. The summed E-state index contributed by atoms with van der Waals surface area (Å²) in [5.41, 5.74) is 2.01. The molecular formula is C16H15NO2. The number of benzene rings is 2. The minimum atomic E-state index is -0.368. The summed E-state index contributed by atoms with van der Waals surface area (Å²) >= 11 is 0. The smallest absolute Gasteiger partial charge is 0.225 e. The number of rotatable bonds is 2. The average molecular weight is 253 g/mol. The monoisotopic (exact) mass is 253 g/mol. The lowest BCUT2D eigenvalue weighted by molar-refractivity contribution is -0.143. The fourth-order valence-corrected chi connectivity index (χ4v) is 2.27. The van der Waals surface area contributed by atoms with Crippen LogP contribution in [0.5, 0.6) is 0 Å². The summed E-state index contributed by atoms with van der Waals surface area (Å²) < 4.78 is 6.00. The Hall–Kier alpha value is -2.13. The largest absolute Gasteiger partial charge is 0.346 e. The Labute approximate surface area is 112 Å². The van der Waals surface area contributed by atoms with Crippen LogP contribution in [-0.2, 0) is 9.53 Å². The van der Waals surface area contributed by atoms with E-state index in [1.165, 1.54) is 0 Å². The minimum absolute atomic E-state index is 0.0222. The van der Waals surface area contributed by atoms with Gasteiger partial charge in [-0.05, 0) is 5.56 Å².